The molecule has 21 heavy (non-hydrogen) atoms. The van der Waals surface area contributed by atoms with Crippen molar-refractivity contribution in [3.05, 3.63) is 24.0 Å². The highest BCUT2D eigenvalue weighted by Crippen LogP contribution is 2.47. The lowest BCUT2D eigenvalue weighted by atomic mass is 9.84. The van der Waals surface area contributed by atoms with Crippen LogP contribution >= 0.6 is 0 Å². The summed E-state index contributed by atoms with van der Waals surface area (Å²) in [6, 6.07) is 1.93. The summed E-state index contributed by atoms with van der Waals surface area (Å²) in [6.45, 7) is 7.78. The van der Waals surface area contributed by atoms with E-state index in [2.05, 4.69) is 15.0 Å². The number of ether oxygens (including phenoxy) is 1. The first kappa shape index (κ1) is 14.9. The molecule has 3 heterocycles. The molecule has 5 nitrogen and oxygen atoms in total. The molecule has 2 aliphatic rings. The zero-order valence-electron chi connectivity index (χ0n) is 12.8. The lowest BCUT2D eigenvalue weighted by molar-refractivity contribution is 0.0322. The predicted octanol–water partition coefficient (Wildman–Crippen LogP) is 1.69. The van der Waals surface area contributed by atoms with E-state index in [1.54, 1.807) is 12.4 Å². The van der Waals surface area contributed by atoms with Gasteiger partial charge in [0.15, 0.2) is 0 Å². The van der Waals surface area contributed by atoms with Gasteiger partial charge in [0.1, 0.15) is 11.4 Å². The van der Waals surface area contributed by atoms with Crippen molar-refractivity contribution in [2.45, 2.75) is 50.0 Å². The third-order valence-electron chi connectivity index (χ3n) is 4.20. The minimum absolute atomic E-state index is 0.0438. The number of hydrogen-bond acceptors (Lipinski definition) is 4. The molecule has 0 saturated carbocycles. The summed E-state index contributed by atoms with van der Waals surface area (Å²) in [5.41, 5.74) is 0.766. The normalized spacial score (nSPS) is 25.4. The Morgan fingerprint density at radius 2 is 2.14 bits per heavy atom. The van der Waals surface area contributed by atoms with Gasteiger partial charge in [-0.15, -0.1) is 0 Å². The molecule has 6 heteroatoms. The molecular weight excluding hydrogens is 286 g/mol. The molecule has 2 aliphatic heterocycles. The second-order valence-electron chi connectivity index (χ2n) is 6.76. The fourth-order valence-corrected chi connectivity index (χ4v) is 3.88. The largest absolute Gasteiger partial charge is 0.483 e. The van der Waals surface area contributed by atoms with Gasteiger partial charge in [-0.1, -0.05) is 0 Å². The van der Waals surface area contributed by atoms with Crippen LogP contribution in [0, 0.1) is 0 Å². The van der Waals surface area contributed by atoms with Crippen molar-refractivity contribution in [3.63, 3.8) is 0 Å². The zero-order chi connectivity index (χ0) is 15.1. The first-order valence-corrected chi connectivity index (χ1v) is 8.59. The second kappa shape index (κ2) is 5.34. The molecule has 1 aromatic rings. The molecule has 0 radical (unpaired) electrons. The Hall–Kier alpha value is -0.980. The van der Waals surface area contributed by atoms with Crippen molar-refractivity contribution in [3.8, 4) is 5.75 Å². The van der Waals surface area contributed by atoms with Gasteiger partial charge in [0.2, 0.25) is 0 Å². The van der Waals surface area contributed by atoms with Gasteiger partial charge in [0, 0.05) is 24.6 Å². The first-order chi connectivity index (χ1) is 9.92. The Morgan fingerprint density at radius 1 is 1.43 bits per heavy atom. The van der Waals surface area contributed by atoms with Crippen LogP contribution in [0.25, 0.3) is 0 Å². The van der Waals surface area contributed by atoms with Crippen molar-refractivity contribution in [1.82, 2.24) is 15.0 Å². The van der Waals surface area contributed by atoms with Crippen LogP contribution in [0.2, 0.25) is 0 Å². The van der Waals surface area contributed by atoms with Crippen molar-refractivity contribution in [2.75, 3.05) is 13.1 Å². The smallest absolute Gasteiger partial charge is 0.143 e. The van der Waals surface area contributed by atoms with Crippen molar-refractivity contribution in [1.29, 1.82) is 0 Å². The number of rotatable bonds is 2. The summed E-state index contributed by atoms with van der Waals surface area (Å²) in [6.07, 6.45) is 5.35. The summed E-state index contributed by atoms with van der Waals surface area (Å²) in [7, 11) is -1.13. The lowest BCUT2D eigenvalue weighted by Gasteiger charge is -2.39. The van der Waals surface area contributed by atoms with E-state index in [9.17, 15) is 4.21 Å². The molecule has 1 saturated heterocycles. The van der Waals surface area contributed by atoms with E-state index in [1.165, 1.54) is 0 Å². The summed E-state index contributed by atoms with van der Waals surface area (Å²) < 4.78 is 21.9. The number of hydrogen-bond donors (Lipinski definition) is 2. The molecule has 2 atom stereocenters. The second-order valence-corrected chi connectivity index (χ2v) is 8.76. The fourth-order valence-electron chi connectivity index (χ4n) is 2.97. The van der Waals surface area contributed by atoms with E-state index in [0.29, 0.717) is 0 Å². The number of aromatic nitrogens is 1. The fraction of sp³-hybridized carbons (Fsp3) is 0.667. The van der Waals surface area contributed by atoms with Crippen LogP contribution in [0.1, 0.15) is 45.2 Å². The molecular formula is C15H23N3O2S. The van der Waals surface area contributed by atoms with E-state index < -0.39 is 11.0 Å². The van der Waals surface area contributed by atoms with Gasteiger partial charge < -0.3 is 10.1 Å². The molecule has 116 valence electrons. The minimum Gasteiger partial charge on any atom is -0.483 e. The summed E-state index contributed by atoms with van der Waals surface area (Å²) in [5, 5.41) is 3.37. The molecule has 0 aliphatic carbocycles. The van der Waals surface area contributed by atoms with E-state index >= 15 is 0 Å². The van der Waals surface area contributed by atoms with Crippen LogP contribution in [-0.4, -0.2) is 32.6 Å². The van der Waals surface area contributed by atoms with Gasteiger partial charge in [-0.2, -0.15) is 0 Å². The van der Waals surface area contributed by atoms with Gasteiger partial charge in [0.25, 0.3) is 0 Å². The summed E-state index contributed by atoms with van der Waals surface area (Å²) >= 11 is 0. The third kappa shape index (κ3) is 2.72. The van der Waals surface area contributed by atoms with Gasteiger partial charge >= 0.3 is 0 Å². The number of pyridine rings is 1. The SMILES string of the molecule is CC(C)(C)[S@@](=O)N[C@@H]1c2ccncc2OC12CCNCC2. The number of nitrogens with one attached hydrogen (secondary N) is 2. The van der Waals surface area contributed by atoms with Crippen molar-refractivity contribution in [2.24, 2.45) is 0 Å². The Morgan fingerprint density at radius 3 is 2.81 bits per heavy atom. The summed E-state index contributed by atoms with van der Waals surface area (Å²) in [5.74, 6) is 0.822. The van der Waals surface area contributed by atoms with E-state index in [0.717, 1.165) is 37.2 Å². The standard InChI is InChI=1S/C15H23N3O2S/c1-14(2,3)21(19)18-13-11-4-7-17-10-12(11)20-15(13)5-8-16-9-6-15/h4,7,10,13,16,18H,5-6,8-9H2,1-3H3/t13-,21-/m1/s1. The molecule has 0 aromatic carbocycles. The Labute approximate surface area is 128 Å². The molecule has 2 N–H and O–H groups in total. The Kier molecular flexibility index (Phi) is 3.80. The van der Waals surface area contributed by atoms with Crippen LogP contribution < -0.4 is 14.8 Å². The van der Waals surface area contributed by atoms with Gasteiger partial charge in [0.05, 0.1) is 28.0 Å². The molecule has 1 fully saturated rings. The number of fused-ring (bicyclic) bond motifs is 1. The maximum Gasteiger partial charge on any atom is 0.143 e. The predicted molar refractivity (Wildman–Crippen MR) is 83.5 cm³/mol. The lowest BCUT2D eigenvalue weighted by Crippen LogP contribution is -2.53. The molecule has 0 unspecified atom stereocenters. The molecule has 3 rings (SSSR count). The molecule has 0 bridgehead atoms. The highest BCUT2D eigenvalue weighted by atomic mass is 32.2. The zero-order valence-corrected chi connectivity index (χ0v) is 13.6. The number of nitrogens with zero attached hydrogens (tertiary/aromatic N) is 1. The maximum absolute atomic E-state index is 12.6. The maximum atomic E-state index is 12.6. The van der Waals surface area contributed by atoms with Crippen LogP contribution in [-0.2, 0) is 11.0 Å². The number of piperidine rings is 1. The summed E-state index contributed by atoms with van der Waals surface area (Å²) in [4.78, 5) is 4.15. The van der Waals surface area contributed by atoms with Crippen molar-refractivity contribution >= 4 is 11.0 Å². The topological polar surface area (TPSA) is 63.2 Å². The Bertz CT molecular complexity index is 550. The first-order valence-electron chi connectivity index (χ1n) is 7.44. The molecule has 1 aromatic heterocycles. The quantitative estimate of drug-likeness (QED) is 0.872. The Balaban J connectivity index is 1.94. The highest BCUT2D eigenvalue weighted by molar-refractivity contribution is 7.84. The third-order valence-corrected chi connectivity index (χ3v) is 5.76. The molecule has 0 amide bonds. The van der Waals surface area contributed by atoms with E-state index in [-0.39, 0.29) is 16.4 Å². The van der Waals surface area contributed by atoms with E-state index in [4.69, 9.17) is 4.74 Å². The van der Waals surface area contributed by atoms with Crippen LogP contribution in [0.4, 0.5) is 0 Å². The van der Waals surface area contributed by atoms with Gasteiger partial charge in [-0.05, 0) is 39.9 Å². The monoisotopic (exact) mass is 309 g/mol. The van der Waals surface area contributed by atoms with Crippen LogP contribution in [0.15, 0.2) is 18.5 Å². The molecule has 1 spiro atoms. The highest BCUT2D eigenvalue weighted by Gasteiger charge is 2.50. The van der Waals surface area contributed by atoms with Crippen LogP contribution in [0.5, 0.6) is 5.75 Å². The van der Waals surface area contributed by atoms with E-state index in [1.807, 2.05) is 26.8 Å². The average molecular weight is 309 g/mol. The average Bonchev–Trinajstić information content (AvgIpc) is 2.72. The van der Waals surface area contributed by atoms with Gasteiger partial charge in [-0.3, -0.25) is 4.98 Å². The van der Waals surface area contributed by atoms with Gasteiger partial charge in [-0.25, -0.2) is 8.93 Å². The minimum atomic E-state index is -1.13. The van der Waals surface area contributed by atoms with Crippen LogP contribution in [0.3, 0.4) is 0 Å². The van der Waals surface area contributed by atoms with Crippen molar-refractivity contribution < 1.29 is 8.95 Å².